The topological polar surface area (TPSA) is 152 Å². The van der Waals surface area contributed by atoms with Crippen molar-refractivity contribution in [2.75, 3.05) is 26.4 Å². The van der Waals surface area contributed by atoms with E-state index in [2.05, 4.69) is 16.0 Å². The fraction of sp³-hybridized carbons (Fsp3) is 0.625. The van der Waals surface area contributed by atoms with Crippen LogP contribution in [-0.4, -0.2) is 67.5 Å². The van der Waals surface area contributed by atoms with E-state index in [9.17, 15) is 19.5 Å². The molecule has 6 N–H and O–H groups in total. The number of carboxylic acid groups (broad SMARTS) is 1. The van der Waals surface area contributed by atoms with Gasteiger partial charge in [-0.25, -0.2) is 9.59 Å². The Morgan fingerprint density at radius 3 is 2.62 bits per heavy atom. The molecule has 1 aromatic carbocycles. The zero-order valence-corrected chi connectivity index (χ0v) is 19.9. The van der Waals surface area contributed by atoms with E-state index in [1.54, 1.807) is 0 Å². The van der Waals surface area contributed by atoms with Gasteiger partial charge in [-0.05, 0) is 62.8 Å². The highest BCUT2D eigenvalue weighted by Crippen LogP contribution is 2.15. The fourth-order valence-corrected chi connectivity index (χ4v) is 3.56. The van der Waals surface area contributed by atoms with Gasteiger partial charge >= 0.3 is 12.0 Å². The Kier molecular flexibility index (Phi) is 12.2. The summed E-state index contributed by atoms with van der Waals surface area (Å²) in [6.45, 7) is 3.94. The number of hydrogen-bond donors (Lipinski definition) is 5. The smallest absolute Gasteiger partial charge is 0.326 e. The van der Waals surface area contributed by atoms with Gasteiger partial charge in [-0.1, -0.05) is 19.1 Å². The van der Waals surface area contributed by atoms with Crippen molar-refractivity contribution in [3.8, 4) is 5.75 Å². The zero-order valence-electron chi connectivity index (χ0n) is 19.9. The molecule has 0 aromatic heterocycles. The lowest BCUT2D eigenvalue weighted by atomic mass is 10.0. The molecule has 2 bridgehead atoms. The molecule has 3 amide bonds. The molecular formula is C24H38N4O6. The van der Waals surface area contributed by atoms with Gasteiger partial charge in [-0.15, -0.1) is 0 Å². The number of nitrogens with two attached hydrogens (primary N) is 1. The van der Waals surface area contributed by atoms with Crippen LogP contribution in [0.4, 0.5) is 4.79 Å². The molecule has 10 heteroatoms. The van der Waals surface area contributed by atoms with E-state index in [1.165, 1.54) is 0 Å². The second-order valence-electron chi connectivity index (χ2n) is 8.44. The third kappa shape index (κ3) is 9.96. The lowest BCUT2D eigenvalue weighted by Gasteiger charge is -2.24. The Balaban J connectivity index is 2.13. The fourth-order valence-electron chi connectivity index (χ4n) is 3.56. The summed E-state index contributed by atoms with van der Waals surface area (Å²) in [6, 6.07) is 4.51. The number of carbonyl (C=O) groups is 3. The highest BCUT2D eigenvalue weighted by Gasteiger charge is 2.26. The lowest BCUT2D eigenvalue weighted by Crippen LogP contribution is -2.55. The average Bonchev–Trinajstić information content (AvgIpc) is 2.81. The van der Waals surface area contributed by atoms with Crippen LogP contribution in [0.5, 0.6) is 5.75 Å². The number of ether oxygens (including phenoxy) is 2. The molecule has 34 heavy (non-hydrogen) atoms. The molecule has 2 aliphatic heterocycles. The number of fused-ring (bicyclic) bond motifs is 13. The molecule has 3 rings (SSSR count). The number of unbranched alkanes of at least 4 members (excludes halogenated alkanes) is 1. The van der Waals surface area contributed by atoms with E-state index in [0.717, 1.165) is 24.2 Å². The van der Waals surface area contributed by atoms with Crippen molar-refractivity contribution in [2.45, 2.75) is 70.0 Å². The average molecular weight is 479 g/mol. The second-order valence-corrected chi connectivity index (χ2v) is 8.44. The van der Waals surface area contributed by atoms with Crippen LogP contribution in [-0.2, 0) is 20.7 Å². The van der Waals surface area contributed by atoms with Crippen molar-refractivity contribution < 1.29 is 29.0 Å². The molecule has 1 unspecified atom stereocenters. The largest absolute Gasteiger partial charge is 0.494 e. The van der Waals surface area contributed by atoms with Crippen molar-refractivity contribution in [3.63, 3.8) is 0 Å². The van der Waals surface area contributed by atoms with Crippen molar-refractivity contribution >= 4 is 17.9 Å². The maximum Gasteiger partial charge on any atom is 0.326 e. The molecule has 1 aromatic rings. The zero-order chi connectivity index (χ0) is 24.8. The second kappa shape index (κ2) is 15.1. The number of nitrogens with one attached hydrogen (secondary N) is 3. The summed E-state index contributed by atoms with van der Waals surface area (Å²) in [7, 11) is 0. The quantitative estimate of drug-likeness (QED) is 0.356. The van der Waals surface area contributed by atoms with Gasteiger partial charge in [0.25, 0.3) is 0 Å². The van der Waals surface area contributed by atoms with Crippen LogP contribution < -0.4 is 26.4 Å². The number of urea groups is 1. The maximum atomic E-state index is 13.1. The summed E-state index contributed by atoms with van der Waals surface area (Å²) in [5.74, 6) is -0.752. The minimum absolute atomic E-state index is 0.200. The predicted molar refractivity (Wildman–Crippen MR) is 128 cm³/mol. The first-order valence-electron chi connectivity index (χ1n) is 12.0. The Morgan fingerprint density at radius 1 is 1.21 bits per heavy atom. The molecular weight excluding hydrogens is 440 g/mol. The van der Waals surface area contributed by atoms with Crippen LogP contribution in [0.25, 0.3) is 0 Å². The first-order chi connectivity index (χ1) is 16.4. The van der Waals surface area contributed by atoms with E-state index >= 15 is 0 Å². The van der Waals surface area contributed by atoms with E-state index in [4.69, 9.17) is 15.2 Å². The minimum atomic E-state index is -1.13. The SMILES string of the molecule is CC[C@H]1COCCCCOc2ccc(cc2)C[C@@H](NC(=O)NC(CCCCN)C(=O)O)C(=O)N1. The number of hydrogen-bond acceptors (Lipinski definition) is 6. The monoisotopic (exact) mass is 478 g/mol. The van der Waals surface area contributed by atoms with Gasteiger partial charge in [-0.3, -0.25) is 4.79 Å². The number of aliphatic carboxylic acids is 1. The van der Waals surface area contributed by atoms with Gasteiger partial charge in [0.15, 0.2) is 0 Å². The summed E-state index contributed by atoms with van der Waals surface area (Å²) >= 11 is 0. The van der Waals surface area contributed by atoms with Crippen LogP contribution in [0.2, 0.25) is 0 Å². The molecule has 0 spiro atoms. The first-order valence-corrected chi connectivity index (χ1v) is 12.0. The molecule has 0 saturated carbocycles. The van der Waals surface area contributed by atoms with E-state index in [1.807, 2.05) is 31.2 Å². The minimum Gasteiger partial charge on any atom is -0.494 e. The molecule has 10 nitrogen and oxygen atoms in total. The summed E-state index contributed by atoms with van der Waals surface area (Å²) in [5, 5.41) is 17.5. The van der Waals surface area contributed by atoms with E-state index < -0.39 is 24.1 Å². The molecule has 0 saturated heterocycles. The summed E-state index contributed by atoms with van der Waals surface area (Å²) in [4.78, 5) is 37.3. The number of benzene rings is 1. The van der Waals surface area contributed by atoms with Gasteiger partial charge in [0.2, 0.25) is 5.91 Å². The lowest BCUT2D eigenvalue weighted by molar-refractivity contribution is -0.139. The summed E-state index contributed by atoms with van der Waals surface area (Å²) in [5.41, 5.74) is 6.30. The highest BCUT2D eigenvalue weighted by atomic mass is 16.5. The van der Waals surface area contributed by atoms with Gasteiger partial charge in [0, 0.05) is 13.0 Å². The van der Waals surface area contributed by atoms with Gasteiger partial charge in [-0.2, -0.15) is 0 Å². The van der Waals surface area contributed by atoms with Crippen molar-refractivity contribution in [1.82, 2.24) is 16.0 Å². The Morgan fingerprint density at radius 2 is 1.94 bits per heavy atom. The number of amides is 3. The Labute approximate surface area is 200 Å². The Hall–Kier alpha value is -2.85. The van der Waals surface area contributed by atoms with Gasteiger partial charge in [0.05, 0.1) is 19.3 Å². The molecule has 2 heterocycles. The van der Waals surface area contributed by atoms with E-state index in [0.29, 0.717) is 45.6 Å². The van der Waals surface area contributed by atoms with Crippen LogP contribution in [0, 0.1) is 0 Å². The predicted octanol–water partition coefficient (Wildman–Crippen LogP) is 1.56. The first kappa shape index (κ1) is 27.4. The summed E-state index contributed by atoms with van der Waals surface area (Å²) < 4.78 is 11.4. The van der Waals surface area contributed by atoms with Crippen molar-refractivity contribution in [3.05, 3.63) is 29.8 Å². The van der Waals surface area contributed by atoms with Gasteiger partial charge < -0.3 is 36.3 Å². The molecule has 2 aliphatic rings. The molecule has 0 radical (unpaired) electrons. The van der Waals surface area contributed by atoms with Crippen LogP contribution in [0.15, 0.2) is 24.3 Å². The summed E-state index contributed by atoms with van der Waals surface area (Å²) in [6.07, 6.45) is 4.13. The third-order valence-corrected chi connectivity index (χ3v) is 5.65. The third-order valence-electron chi connectivity index (χ3n) is 5.65. The van der Waals surface area contributed by atoms with Crippen LogP contribution in [0.1, 0.15) is 51.0 Å². The normalized spacial score (nSPS) is 20.6. The molecule has 190 valence electrons. The van der Waals surface area contributed by atoms with Gasteiger partial charge in [0.1, 0.15) is 17.8 Å². The number of carbonyl (C=O) groups excluding carboxylic acids is 2. The molecule has 3 atom stereocenters. The number of carboxylic acids is 1. The van der Waals surface area contributed by atoms with Crippen LogP contribution in [0.3, 0.4) is 0 Å². The number of rotatable bonds is 8. The van der Waals surface area contributed by atoms with Crippen molar-refractivity contribution in [1.29, 1.82) is 0 Å². The Bertz CT molecular complexity index is 773. The van der Waals surface area contributed by atoms with E-state index in [-0.39, 0.29) is 24.8 Å². The maximum absolute atomic E-state index is 13.1. The molecule has 0 fully saturated rings. The molecule has 0 aliphatic carbocycles. The standard InChI is InChI=1S/C24H38N4O6/c1-2-18-16-33-13-5-6-14-34-19-10-8-17(9-11-19)15-21(22(29)26-18)28-24(32)27-20(23(30)31)7-3-4-12-25/h8-11,18,20-21H,2-7,12-16,25H2,1H3,(H,26,29)(H,30,31)(H2,27,28,32)/t18-,20?,21+/m0/s1. The van der Waals surface area contributed by atoms with Crippen LogP contribution >= 0.6 is 0 Å². The van der Waals surface area contributed by atoms with Crippen molar-refractivity contribution in [2.24, 2.45) is 5.73 Å². The highest BCUT2D eigenvalue weighted by molar-refractivity contribution is 5.89.